The molecule has 1 amide bonds. The molecule has 128 valence electrons. The Balaban J connectivity index is 2.22. The predicted octanol–water partition coefficient (Wildman–Crippen LogP) is 3.83. The number of nitro benzene ring substituents is 1. The fourth-order valence-corrected chi connectivity index (χ4v) is 3.23. The minimum absolute atomic E-state index is 0.0488. The van der Waals surface area contributed by atoms with Crippen LogP contribution in [0.3, 0.4) is 0 Å². The average molecular weight is 349 g/mol. The highest BCUT2D eigenvalue weighted by Gasteiger charge is 2.18. The number of aromatic nitrogens is 1. The van der Waals surface area contributed by atoms with Gasteiger partial charge in [-0.3, -0.25) is 20.2 Å². The summed E-state index contributed by atoms with van der Waals surface area (Å²) in [5.74, 6) is -0.324. The molecule has 0 bridgehead atoms. The van der Waals surface area contributed by atoms with Gasteiger partial charge in [-0.1, -0.05) is 20.3 Å². The summed E-state index contributed by atoms with van der Waals surface area (Å²) in [6, 6.07) is 4.02. The van der Waals surface area contributed by atoms with E-state index in [1.807, 2.05) is 0 Å². The number of rotatable bonds is 7. The third-order valence-electron chi connectivity index (χ3n) is 3.45. The molecule has 7 nitrogen and oxygen atoms in total. The zero-order valence-electron chi connectivity index (χ0n) is 13.8. The van der Waals surface area contributed by atoms with E-state index >= 15 is 0 Å². The molecule has 0 spiro atoms. The number of ether oxygens (including phenoxy) is 1. The maximum absolute atomic E-state index is 12.4. The van der Waals surface area contributed by atoms with Crippen LogP contribution in [0, 0.1) is 10.1 Å². The molecule has 0 saturated carbocycles. The number of amides is 1. The van der Waals surface area contributed by atoms with Crippen molar-refractivity contribution in [2.24, 2.45) is 0 Å². The number of carbonyl (C=O) groups excluding carboxylic acids is 1. The van der Waals surface area contributed by atoms with Crippen molar-refractivity contribution in [2.45, 2.75) is 33.1 Å². The van der Waals surface area contributed by atoms with Crippen molar-refractivity contribution < 1.29 is 14.5 Å². The first kappa shape index (κ1) is 17.9. The Morgan fingerprint density at radius 2 is 2.17 bits per heavy atom. The van der Waals surface area contributed by atoms with Crippen molar-refractivity contribution in [3.8, 4) is 5.75 Å². The van der Waals surface area contributed by atoms with Crippen LogP contribution in [-0.4, -0.2) is 22.9 Å². The van der Waals surface area contributed by atoms with E-state index in [1.165, 1.54) is 36.6 Å². The fraction of sp³-hybridized carbons (Fsp3) is 0.375. The summed E-state index contributed by atoms with van der Waals surface area (Å²) in [6.45, 7) is 4.14. The Hall–Kier alpha value is -2.48. The fourth-order valence-electron chi connectivity index (χ4n) is 2.28. The zero-order valence-corrected chi connectivity index (χ0v) is 14.6. The van der Waals surface area contributed by atoms with Gasteiger partial charge in [0.15, 0.2) is 10.9 Å². The summed E-state index contributed by atoms with van der Waals surface area (Å²) in [6.07, 6.45) is 2.73. The van der Waals surface area contributed by atoms with E-state index in [9.17, 15) is 14.9 Å². The van der Waals surface area contributed by atoms with Crippen LogP contribution in [0.15, 0.2) is 18.2 Å². The summed E-state index contributed by atoms with van der Waals surface area (Å²) in [5.41, 5.74) is 1.12. The minimum Gasteiger partial charge on any atom is -0.490 e. The van der Waals surface area contributed by atoms with Crippen LogP contribution in [0.2, 0.25) is 0 Å². The lowest BCUT2D eigenvalue weighted by Crippen LogP contribution is -2.12. The number of carbonyl (C=O) groups is 1. The minimum atomic E-state index is -0.550. The van der Waals surface area contributed by atoms with Gasteiger partial charge in [-0.2, -0.15) is 0 Å². The summed E-state index contributed by atoms with van der Waals surface area (Å²) >= 11 is 1.46. The van der Waals surface area contributed by atoms with Gasteiger partial charge in [0.25, 0.3) is 5.91 Å². The molecule has 1 aromatic carbocycles. The first-order chi connectivity index (χ1) is 11.5. The highest BCUT2D eigenvalue weighted by Crippen LogP contribution is 2.29. The Labute approximate surface area is 143 Å². The van der Waals surface area contributed by atoms with Gasteiger partial charge in [-0.25, -0.2) is 4.98 Å². The molecule has 0 aliphatic heterocycles. The number of nitrogens with one attached hydrogen (secondary N) is 1. The van der Waals surface area contributed by atoms with Gasteiger partial charge in [-0.15, -0.1) is 11.3 Å². The highest BCUT2D eigenvalue weighted by molar-refractivity contribution is 7.15. The van der Waals surface area contributed by atoms with Crippen LogP contribution in [0.5, 0.6) is 5.75 Å². The van der Waals surface area contributed by atoms with Crippen molar-refractivity contribution in [2.75, 3.05) is 12.4 Å². The molecule has 8 heteroatoms. The molecule has 0 unspecified atom stereocenters. The number of aryl methyl sites for hydroxylation is 2. The molecule has 24 heavy (non-hydrogen) atoms. The molecular weight excluding hydrogens is 330 g/mol. The largest absolute Gasteiger partial charge is 0.490 e. The molecule has 2 aromatic rings. The summed E-state index contributed by atoms with van der Waals surface area (Å²) in [7, 11) is 1.33. The Kier molecular flexibility index (Phi) is 5.86. The van der Waals surface area contributed by atoms with Crippen molar-refractivity contribution in [3.05, 3.63) is 44.4 Å². The van der Waals surface area contributed by atoms with Crippen LogP contribution in [0.4, 0.5) is 10.8 Å². The number of methoxy groups -OCH3 is 1. The second-order valence-electron chi connectivity index (χ2n) is 5.09. The van der Waals surface area contributed by atoms with Crippen LogP contribution in [0.1, 0.15) is 41.2 Å². The van der Waals surface area contributed by atoms with Gasteiger partial charge in [0, 0.05) is 22.6 Å². The Bertz CT molecular complexity index is 758. The molecule has 0 saturated heterocycles. The lowest BCUT2D eigenvalue weighted by Gasteiger charge is -2.05. The molecular formula is C16H19N3O4S. The number of nitrogens with zero attached hydrogens (tertiary/aromatic N) is 2. The van der Waals surface area contributed by atoms with Crippen LogP contribution in [0.25, 0.3) is 0 Å². The van der Waals surface area contributed by atoms with Gasteiger partial charge in [0.05, 0.1) is 17.7 Å². The van der Waals surface area contributed by atoms with Gasteiger partial charge < -0.3 is 4.74 Å². The average Bonchev–Trinajstić information content (AvgIpc) is 2.95. The second-order valence-corrected chi connectivity index (χ2v) is 6.17. The molecule has 0 fully saturated rings. The first-order valence-electron chi connectivity index (χ1n) is 7.62. The van der Waals surface area contributed by atoms with Crippen molar-refractivity contribution in [1.82, 2.24) is 4.98 Å². The lowest BCUT2D eigenvalue weighted by atomic mass is 10.2. The number of hydrogen-bond acceptors (Lipinski definition) is 6. The number of anilines is 1. The first-order valence-corrected chi connectivity index (χ1v) is 8.44. The number of nitro groups is 1. The molecule has 1 N–H and O–H groups in total. The molecule has 0 atom stereocenters. The standard InChI is InChI=1S/C16H19N3O4S/c1-4-6-11-14(5-2)24-16(17-11)18-15(20)10-7-8-12(19(21)22)13(9-10)23-3/h7-9H,4-6H2,1-3H3,(H,17,18,20). The van der Waals surface area contributed by atoms with E-state index in [1.54, 1.807) is 0 Å². The van der Waals surface area contributed by atoms with Crippen molar-refractivity contribution in [3.63, 3.8) is 0 Å². The third-order valence-corrected chi connectivity index (χ3v) is 4.60. The molecule has 2 rings (SSSR count). The van der Waals surface area contributed by atoms with E-state index in [0.717, 1.165) is 29.8 Å². The summed E-state index contributed by atoms with van der Waals surface area (Å²) in [5, 5.41) is 14.2. The third kappa shape index (κ3) is 3.88. The number of thiazole rings is 1. The number of hydrogen-bond donors (Lipinski definition) is 1. The number of benzene rings is 1. The molecule has 0 aliphatic rings. The SMILES string of the molecule is CCCc1nc(NC(=O)c2ccc([N+](=O)[O-])c(OC)c2)sc1CC. The van der Waals surface area contributed by atoms with E-state index in [2.05, 4.69) is 24.1 Å². The van der Waals surface area contributed by atoms with Gasteiger partial charge in [0.2, 0.25) is 0 Å². The zero-order chi connectivity index (χ0) is 17.7. The monoisotopic (exact) mass is 349 g/mol. The van der Waals surface area contributed by atoms with Gasteiger partial charge >= 0.3 is 5.69 Å². The maximum Gasteiger partial charge on any atom is 0.310 e. The Morgan fingerprint density at radius 3 is 2.75 bits per heavy atom. The maximum atomic E-state index is 12.4. The van der Waals surface area contributed by atoms with Crippen LogP contribution >= 0.6 is 11.3 Å². The topological polar surface area (TPSA) is 94.4 Å². The lowest BCUT2D eigenvalue weighted by molar-refractivity contribution is -0.385. The molecule has 0 aliphatic carbocycles. The van der Waals surface area contributed by atoms with Gasteiger partial charge in [0.1, 0.15) is 0 Å². The Morgan fingerprint density at radius 1 is 1.42 bits per heavy atom. The van der Waals surface area contributed by atoms with Crippen LogP contribution < -0.4 is 10.1 Å². The normalized spacial score (nSPS) is 10.5. The molecule has 0 radical (unpaired) electrons. The second kappa shape index (κ2) is 7.87. The predicted molar refractivity (Wildman–Crippen MR) is 93.1 cm³/mol. The van der Waals surface area contributed by atoms with Crippen LogP contribution in [-0.2, 0) is 12.8 Å². The molecule has 1 aromatic heterocycles. The van der Waals surface area contributed by atoms with E-state index in [0.29, 0.717) is 5.13 Å². The van der Waals surface area contributed by atoms with Crippen molar-refractivity contribution >= 4 is 28.1 Å². The summed E-state index contributed by atoms with van der Waals surface area (Å²) in [4.78, 5) is 28.3. The quantitative estimate of drug-likeness (QED) is 0.605. The van der Waals surface area contributed by atoms with Crippen molar-refractivity contribution in [1.29, 1.82) is 0 Å². The van der Waals surface area contributed by atoms with E-state index in [4.69, 9.17) is 4.74 Å². The summed E-state index contributed by atoms with van der Waals surface area (Å²) < 4.78 is 4.99. The smallest absolute Gasteiger partial charge is 0.310 e. The highest BCUT2D eigenvalue weighted by atomic mass is 32.1. The van der Waals surface area contributed by atoms with E-state index in [-0.39, 0.29) is 22.9 Å². The molecule has 1 heterocycles. The van der Waals surface area contributed by atoms with E-state index < -0.39 is 4.92 Å². The van der Waals surface area contributed by atoms with Gasteiger partial charge in [-0.05, 0) is 18.9 Å².